The first-order valence-electron chi connectivity index (χ1n) is 6.54. The number of alkyl halides is 3. The maximum Gasteiger partial charge on any atom is 0.416 e. The van der Waals surface area contributed by atoms with Gasteiger partial charge >= 0.3 is 6.18 Å². The molecule has 1 heterocycles. The van der Waals surface area contributed by atoms with E-state index in [1.54, 1.807) is 0 Å². The Morgan fingerprint density at radius 1 is 1.45 bits per heavy atom. The molecule has 1 fully saturated rings. The van der Waals surface area contributed by atoms with Crippen LogP contribution in [0.4, 0.5) is 18.9 Å². The third kappa shape index (κ3) is 3.72. The summed E-state index contributed by atoms with van der Waals surface area (Å²) in [6.07, 6.45) is -2.89. The topological polar surface area (TPSA) is 41.1 Å². The summed E-state index contributed by atoms with van der Waals surface area (Å²) in [5, 5.41) is 5.79. The van der Waals surface area contributed by atoms with Gasteiger partial charge in [0.2, 0.25) is 5.91 Å². The summed E-state index contributed by atoms with van der Waals surface area (Å²) in [4.78, 5) is 11.1. The molecule has 2 rings (SSSR count). The molecule has 3 nitrogen and oxygen atoms in total. The smallest absolute Gasteiger partial charge is 0.326 e. The summed E-state index contributed by atoms with van der Waals surface area (Å²) in [5.41, 5.74) is 0.341. The van der Waals surface area contributed by atoms with Gasteiger partial charge in [0, 0.05) is 12.6 Å². The van der Waals surface area contributed by atoms with Crippen molar-refractivity contribution in [3.05, 3.63) is 29.3 Å². The number of hydrogen-bond acceptors (Lipinski definition) is 2. The molecule has 1 amide bonds. The van der Waals surface area contributed by atoms with Crippen molar-refractivity contribution in [1.29, 1.82) is 0 Å². The number of halogens is 3. The van der Waals surface area contributed by atoms with E-state index in [1.807, 2.05) is 0 Å². The molecule has 1 aliphatic heterocycles. The minimum atomic E-state index is -4.36. The second kappa shape index (κ2) is 5.83. The molecule has 0 spiro atoms. The molecule has 0 aliphatic carbocycles. The van der Waals surface area contributed by atoms with Crippen LogP contribution in [-0.4, -0.2) is 19.0 Å². The van der Waals surface area contributed by atoms with Crippen LogP contribution in [0.25, 0.3) is 0 Å². The van der Waals surface area contributed by atoms with E-state index in [9.17, 15) is 18.0 Å². The van der Waals surface area contributed by atoms with Gasteiger partial charge in [0.15, 0.2) is 0 Å². The van der Waals surface area contributed by atoms with Crippen LogP contribution >= 0.6 is 0 Å². The molecule has 6 heteroatoms. The molecule has 0 bridgehead atoms. The number of carbonyl (C=O) groups excluding carboxylic acids is 1. The van der Waals surface area contributed by atoms with E-state index < -0.39 is 11.7 Å². The van der Waals surface area contributed by atoms with Gasteiger partial charge in [-0.2, -0.15) is 13.2 Å². The molecule has 0 aromatic heterocycles. The fraction of sp³-hybridized carbons (Fsp3) is 0.500. The van der Waals surface area contributed by atoms with Crippen molar-refractivity contribution >= 4 is 11.6 Å². The fourth-order valence-electron chi connectivity index (χ4n) is 2.45. The van der Waals surface area contributed by atoms with Gasteiger partial charge in [0.25, 0.3) is 0 Å². The van der Waals surface area contributed by atoms with E-state index in [1.165, 1.54) is 13.0 Å². The quantitative estimate of drug-likeness (QED) is 0.897. The van der Waals surface area contributed by atoms with Crippen LogP contribution in [0.2, 0.25) is 0 Å². The van der Waals surface area contributed by atoms with Crippen molar-refractivity contribution in [2.24, 2.45) is 5.92 Å². The standard InChI is InChI=1S/C14H17F3N2O/c1-9(20)19-13-3-2-12(14(15,16)17)7-11(13)6-10-4-5-18-8-10/h2-3,7,10,18H,4-6,8H2,1H3,(H,19,20). The van der Waals surface area contributed by atoms with Crippen LogP contribution < -0.4 is 10.6 Å². The van der Waals surface area contributed by atoms with Crippen LogP contribution in [0.5, 0.6) is 0 Å². The zero-order chi connectivity index (χ0) is 14.8. The lowest BCUT2D eigenvalue weighted by molar-refractivity contribution is -0.137. The molecular formula is C14H17F3N2O. The molecule has 0 saturated carbocycles. The molecule has 20 heavy (non-hydrogen) atoms. The van der Waals surface area contributed by atoms with E-state index in [0.717, 1.165) is 31.6 Å². The summed E-state index contributed by atoms with van der Waals surface area (Å²) in [5.74, 6) is 0.0292. The summed E-state index contributed by atoms with van der Waals surface area (Å²) < 4.78 is 38.3. The van der Waals surface area contributed by atoms with Gasteiger partial charge in [-0.1, -0.05) is 0 Å². The van der Waals surface area contributed by atoms with Crippen molar-refractivity contribution in [1.82, 2.24) is 5.32 Å². The number of hydrogen-bond donors (Lipinski definition) is 2. The van der Waals surface area contributed by atoms with Gasteiger partial charge < -0.3 is 10.6 Å². The number of anilines is 1. The molecule has 110 valence electrons. The Kier molecular flexibility index (Phi) is 4.32. The van der Waals surface area contributed by atoms with Crippen molar-refractivity contribution in [2.45, 2.75) is 25.9 Å². The van der Waals surface area contributed by atoms with E-state index in [4.69, 9.17) is 0 Å². The number of carbonyl (C=O) groups is 1. The van der Waals surface area contributed by atoms with E-state index in [-0.39, 0.29) is 5.91 Å². The van der Waals surface area contributed by atoms with Crippen LogP contribution in [0, 0.1) is 5.92 Å². The highest BCUT2D eigenvalue weighted by Crippen LogP contribution is 2.33. The summed E-state index contributed by atoms with van der Waals surface area (Å²) in [6, 6.07) is 3.48. The van der Waals surface area contributed by atoms with Crippen molar-refractivity contribution in [3.8, 4) is 0 Å². The highest BCUT2D eigenvalue weighted by Gasteiger charge is 2.31. The van der Waals surface area contributed by atoms with Gasteiger partial charge in [-0.15, -0.1) is 0 Å². The first-order valence-corrected chi connectivity index (χ1v) is 6.54. The van der Waals surface area contributed by atoms with Crippen molar-refractivity contribution < 1.29 is 18.0 Å². The predicted octanol–water partition coefficient (Wildman–Crippen LogP) is 2.82. The number of nitrogens with one attached hydrogen (secondary N) is 2. The average Bonchev–Trinajstić information content (AvgIpc) is 2.82. The molecule has 1 atom stereocenters. The lowest BCUT2D eigenvalue weighted by Gasteiger charge is -2.16. The average molecular weight is 286 g/mol. The second-order valence-corrected chi connectivity index (χ2v) is 5.11. The van der Waals surface area contributed by atoms with Crippen molar-refractivity contribution in [2.75, 3.05) is 18.4 Å². The Labute approximate surface area is 115 Å². The Balaban J connectivity index is 2.28. The minimum Gasteiger partial charge on any atom is -0.326 e. The highest BCUT2D eigenvalue weighted by molar-refractivity contribution is 5.89. The molecule has 1 unspecified atom stereocenters. The predicted molar refractivity (Wildman–Crippen MR) is 70.4 cm³/mol. The molecule has 1 aromatic carbocycles. The molecule has 2 N–H and O–H groups in total. The van der Waals surface area contributed by atoms with Gasteiger partial charge in [-0.25, -0.2) is 0 Å². The van der Waals surface area contributed by atoms with E-state index in [0.29, 0.717) is 23.6 Å². The first kappa shape index (κ1) is 14.8. The normalized spacial score (nSPS) is 19.1. The Hall–Kier alpha value is -1.56. The Bertz CT molecular complexity index is 494. The van der Waals surface area contributed by atoms with Gasteiger partial charge in [0.05, 0.1) is 5.56 Å². The van der Waals surface area contributed by atoms with Crippen LogP contribution in [0.15, 0.2) is 18.2 Å². The highest BCUT2D eigenvalue weighted by atomic mass is 19.4. The van der Waals surface area contributed by atoms with Crippen molar-refractivity contribution in [3.63, 3.8) is 0 Å². The zero-order valence-electron chi connectivity index (χ0n) is 11.2. The molecule has 1 saturated heterocycles. The van der Waals surface area contributed by atoms with Gasteiger partial charge in [-0.05, 0) is 55.6 Å². The monoisotopic (exact) mass is 286 g/mol. The third-order valence-electron chi connectivity index (χ3n) is 3.41. The zero-order valence-corrected chi connectivity index (χ0v) is 11.2. The molecule has 1 aromatic rings. The first-order chi connectivity index (χ1) is 9.36. The largest absolute Gasteiger partial charge is 0.416 e. The minimum absolute atomic E-state index is 0.282. The third-order valence-corrected chi connectivity index (χ3v) is 3.41. The maximum absolute atomic E-state index is 12.8. The lowest BCUT2D eigenvalue weighted by atomic mass is 9.95. The lowest BCUT2D eigenvalue weighted by Crippen LogP contribution is -2.15. The summed E-state index contributed by atoms with van der Waals surface area (Å²) >= 11 is 0. The second-order valence-electron chi connectivity index (χ2n) is 5.11. The SMILES string of the molecule is CC(=O)Nc1ccc(C(F)(F)F)cc1CC1CCNC1. The number of amides is 1. The van der Waals surface area contributed by atoms with Crippen LogP contribution in [0.3, 0.4) is 0 Å². The van der Waals surface area contributed by atoms with Gasteiger partial charge in [0.1, 0.15) is 0 Å². The number of rotatable bonds is 3. The molecule has 1 aliphatic rings. The Morgan fingerprint density at radius 3 is 2.75 bits per heavy atom. The Morgan fingerprint density at radius 2 is 2.20 bits per heavy atom. The summed E-state index contributed by atoms with van der Waals surface area (Å²) in [7, 11) is 0. The number of benzene rings is 1. The van der Waals surface area contributed by atoms with Crippen LogP contribution in [-0.2, 0) is 17.4 Å². The van der Waals surface area contributed by atoms with E-state index >= 15 is 0 Å². The molecular weight excluding hydrogens is 269 g/mol. The fourth-order valence-corrected chi connectivity index (χ4v) is 2.45. The maximum atomic E-state index is 12.8. The van der Waals surface area contributed by atoms with Gasteiger partial charge in [-0.3, -0.25) is 4.79 Å². The van der Waals surface area contributed by atoms with Crippen LogP contribution in [0.1, 0.15) is 24.5 Å². The molecule has 0 radical (unpaired) electrons. The van der Waals surface area contributed by atoms with E-state index in [2.05, 4.69) is 10.6 Å². The summed E-state index contributed by atoms with van der Waals surface area (Å²) in [6.45, 7) is 3.04.